The summed E-state index contributed by atoms with van der Waals surface area (Å²) in [7, 11) is 0. The van der Waals surface area contributed by atoms with Crippen molar-refractivity contribution in [1.29, 1.82) is 0 Å². The summed E-state index contributed by atoms with van der Waals surface area (Å²) in [4.78, 5) is 23.5. The molecule has 1 aliphatic rings. The quantitative estimate of drug-likeness (QED) is 0.755. The molecule has 0 spiro atoms. The molecule has 1 aliphatic heterocycles. The van der Waals surface area contributed by atoms with Crippen LogP contribution in [-0.4, -0.2) is 21.8 Å². The third-order valence-electron chi connectivity index (χ3n) is 3.19. The van der Waals surface area contributed by atoms with Crippen LogP contribution in [0.4, 0.5) is 0 Å². The van der Waals surface area contributed by atoms with E-state index in [-0.39, 0.29) is 21.8 Å². The highest BCUT2D eigenvalue weighted by atomic mass is 32.2. The van der Waals surface area contributed by atoms with Crippen molar-refractivity contribution in [2.45, 2.75) is 62.9 Å². The number of carbonyl (C=O) groups excluding carboxylic acids is 2. The second-order valence-corrected chi connectivity index (χ2v) is 5.87. The van der Waals surface area contributed by atoms with Gasteiger partial charge in [0.25, 0.3) is 0 Å². The van der Waals surface area contributed by atoms with E-state index in [9.17, 15) is 9.59 Å². The third kappa shape index (κ3) is 2.59. The van der Waals surface area contributed by atoms with Crippen LogP contribution in [-0.2, 0) is 9.59 Å². The van der Waals surface area contributed by atoms with Crippen LogP contribution >= 0.6 is 11.8 Å². The smallest absolute Gasteiger partial charge is 0.242 e. The van der Waals surface area contributed by atoms with Crippen LogP contribution < -0.4 is 5.32 Å². The monoisotopic (exact) mass is 243 g/mol. The lowest BCUT2D eigenvalue weighted by molar-refractivity contribution is -0.132. The zero-order valence-electron chi connectivity index (χ0n) is 10.3. The summed E-state index contributed by atoms with van der Waals surface area (Å²) in [5.41, 5.74) is 0. The van der Waals surface area contributed by atoms with Crippen LogP contribution in [0.25, 0.3) is 0 Å². The summed E-state index contributed by atoms with van der Waals surface area (Å²) < 4.78 is -0.370. The standard InChI is InChI=1S/C12H21NO2S/c1-4-7-8-12(6-3)11(15)13-10(14)9(5-2)16-12/h9H,4-8H2,1-3H3,(H,13,14,15)/t9-,12+/m0/s1. The van der Waals surface area contributed by atoms with Crippen LogP contribution in [0.1, 0.15) is 52.9 Å². The second kappa shape index (κ2) is 5.71. The van der Waals surface area contributed by atoms with Crippen molar-refractivity contribution in [2.75, 3.05) is 0 Å². The van der Waals surface area contributed by atoms with Crippen molar-refractivity contribution in [3.63, 3.8) is 0 Å². The highest BCUT2D eigenvalue weighted by Gasteiger charge is 2.45. The van der Waals surface area contributed by atoms with Gasteiger partial charge in [-0.25, -0.2) is 0 Å². The van der Waals surface area contributed by atoms with Gasteiger partial charge in [-0.05, 0) is 19.3 Å². The van der Waals surface area contributed by atoms with Gasteiger partial charge < -0.3 is 0 Å². The van der Waals surface area contributed by atoms with E-state index in [4.69, 9.17) is 0 Å². The van der Waals surface area contributed by atoms with Gasteiger partial charge >= 0.3 is 0 Å². The first-order valence-electron chi connectivity index (χ1n) is 6.12. The molecule has 0 unspecified atom stereocenters. The molecule has 16 heavy (non-hydrogen) atoms. The molecule has 0 aromatic carbocycles. The SMILES string of the molecule is CCCC[C@@]1(CC)S[C@@H](CC)C(=O)NC1=O. The van der Waals surface area contributed by atoms with E-state index in [1.807, 2.05) is 13.8 Å². The van der Waals surface area contributed by atoms with Gasteiger partial charge in [0.05, 0.1) is 10.00 Å². The van der Waals surface area contributed by atoms with Crippen LogP contribution in [0.3, 0.4) is 0 Å². The molecule has 0 aromatic heterocycles. The summed E-state index contributed by atoms with van der Waals surface area (Å²) in [5, 5.41) is 2.47. The Morgan fingerprint density at radius 1 is 1.31 bits per heavy atom. The van der Waals surface area contributed by atoms with Gasteiger partial charge in [-0.1, -0.05) is 33.6 Å². The molecular formula is C12H21NO2S. The van der Waals surface area contributed by atoms with Crippen molar-refractivity contribution in [2.24, 2.45) is 0 Å². The van der Waals surface area contributed by atoms with E-state index in [0.717, 1.165) is 32.1 Å². The fourth-order valence-corrected chi connectivity index (χ4v) is 3.47. The molecule has 0 aliphatic carbocycles. The number of imide groups is 1. The zero-order chi connectivity index (χ0) is 12.2. The molecule has 1 heterocycles. The topological polar surface area (TPSA) is 46.2 Å². The van der Waals surface area contributed by atoms with Gasteiger partial charge in [-0.3, -0.25) is 14.9 Å². The molecule has 0 radical (unpaired) electrons. The van der Waals surface area contributed by atoms with Crippen molar-refractivity contribution in [3.8, 4) is 0 Å². The van der Waals surface area contributed by atoms with Gasteiger partial charge in [0, 0.05) is 0 Å². The molecule has 2 atom stereocenters. The molecule has 1 N–H and O–H groups in total. The molecule has 0 bridgehead atoms. The van der Waals surface area contributed by atoms with E-state index in [2.05, 4.69) is 12.2 Å². The normalized spacial score (nSPS) is 30.3. The van der Waals surface area contributed by atoms with Gasteiger partial charge in [-0.15, -0.1) is 11.8 Å². The van der Waals surface area contributed by atoms with E-state index >= 15 is 0 Å². The summed E-state index contributed by atoms with van der Waals surface area (Å²) in [5.74, 6) is -0.193. The number of amides is 2. The Kier molecular flexibility index (Phi) is 4.84. The van der Waals surface area contributed by atoms with Crippen LogP contribution in [0.15, 0.2) is 0 Å². The minimum atomic E-state index is -0.370. The maximum Gasteiger partial charge on any atom is 0.242 e. The fourth-order valence-electron chi connectivity index (χ4n) is 2.01. The van der Waals surface area contributed by atoms with Gasteiger partial charge in [0.15, 0.2) is 0 Å². The fraction of sp³-hybridized carbons (Fsp3) is 0.833. The summed E-state index contributed by atoms with van der Waals surface area (Å²) >= 11 is 1.57. The number of thioether (sulfide) groups is 1. The summed E-state index contributed by atoms with van der Waals surface area (Å²) in [6.07, 6.45) is 4.59. The van der Waals surface area contributed by atoms with Crippen molar-refractivity contribution >= 4 is 23.6 Å². The molecule has 1 fully saturated rings. The molecular weight excluding hydrogens is 222 g/mol. The van der Waals surface area contributed by atoms with E-state index < -0.39 is 0 Å². The Balaban J connectivity index is 2.81. The van der Waals surface area contributed by atoms with Gasteiger partial charge in [-0.2, -0.15) is 0 Å². The highest BCUT2D eigenvalue weighted by Crippen LogP contribution is 2.41. The maximum absolute atomic E-state index is 12.0. The number of rotatable bonds is 5. The first kappa shape index (κ1) is 13.6. The molecule has 0 aromatic rings. The Hall–Kier alpha value is -0.510. The van der Waals surface area contributed by atoms with Crippen LogP contribution in [0.5, 0.6) is 0 Å². The first-order valence-corrected chi connectivity index (χ1v) is 7.00. The molecule has 2 amide bonds. The van der Waals surface area contributed by atoms with Gasteiger partial charge in [0.2, 0.25) is 11.8 Å². The number of nitrogens with one attached hydrogen (secondary N) is 1. The molecule has 4 heteroatoms. The largest absolute Gasteiger partial charge is 0.294 e. The lowest BCUT2D eigenvalue weighted by Crippen LogP contribution is -2.55. The molecule has 3 nitrogen and oxygen atoms in total. The lowest BCUT2D eigenvalue weighted by atomic mass is 9.96. The predicted molar refractivity (Wildman–Crippen MR) is 67.4 cm³/mol. The summed E-state index contributed by atoms with van der Waals surface area (Å²) in [6.45, 7) is 6.15. The molecule has 1 saturated heterocycles. The molecule has 92 valence electrons. The number of hydrogen-bond acceptors (Lipinski definition) is 3. The Morgan fingerprint density at radius 2 is 2.00 bits per heavy atom. The molecule has 1 rings (SSSR count). The van der Waals surface area contributed by atoms with Crippen LogP contribution in [0, 0.1) is 0 Å². The lowest BCUT2D eigenvalue weighted by Gasteiger charge is -2.37. The average Bonchev–Trinajstić information content (AvgIpc) is 2.29. The maximum atomic E-state index is 12.0. The molecule has 0 saturated carbocycles. The Bertz CT molecular complexity index is 280. The zero-order valence-corrected chi connectivity index (χ0v) is 11.2. The minimum absolute atomic E-state index is 0.0606. The average molecular weight is 243 g/mol. The third-order valence-corrected chi connectivity index (χ3v) is 5.15. The number of hydrogen-bond donors (Lipinski definition) is 1. The first-order chi connectivity index (χ1) is 7.59. The Morgan fingerprint density at radius 3 is 2.50 bits per heavy atom. The van der Waals surface area contributed by atoms with Crippen molar-refractivity contribution in [1.82, 2.24) is 5.32 Å². The number of unbranched alkanes of at least 4 members (excludes halogenated alkanes) is 1. The minimum Gasteiger partial charge on any atom is -0.294 e. The van der Waals surface area contributed by atoms with E-state index in [0.29, 0.717) is 0 Å². The van der Waals surface area contributed by atoms with Gasteiger partial charge in [0.1, 0.15) is 0 Å². The van der Waals surface area contributed by atoms with Crippen LogP contribution in [0.2, 0.25) is 0 Å². The number of carbonyl (C=O) groups is 2. The second-order valence-electron chi connectivity index (χ2n) is 4.28. The van der Waals surface area contributed by atoms with E-state index in [1.54, 1.807) is 11.8 Å². The van der Waals surface area contributed by atoms with Crippen molar-refractivity contribution in [3.05, 3.63) is 0 Å². The highest BCUT2D eigenvalue weighted by molar-refractivity contribution is 8.02. The predicted octanol–water partition coefficient (Wildman–Crippen LogP) is 2.49. The Labute approximate surface area is 102 Å². The van der Waals surface area contributed by atoms with Crippen molar-refractivity contribution < 1.29 is 9.59 Å². The van der Waals surface area contributed by atoms with E-state index in [1.165, 1.54) is 0 Å². The summed E-state index contributed by atoms with van der Waals surface area (Å²) in [6, 6.07) is 0.